The third-order valence-electron chi connectivity index (χ3n) is 5.70. The number of carbonyl (C=O) groups is 1. The summed E-state index contributed by atoms with van der Waals surface area (Å²) < 4.78 is 10.6. The molecule has 2 saturated heterocycles. The molecule has 1 amide bonds. The highest BCUT2D eigenvalue weighted by Gasteiger charge is 2.54. The zero-order valence-corrected chi connectivity index (χ0v) is 14.2. The molecule has 0 aromatic carbocycles. The largest absolute Gasteiger partial charge is 0.381 e. The molecular weight excluding hydrogens is 306 g/mol. The number of carbonyl (C=O) groups excluding carboxylic acids is 1. The maximum atomic E-state index is 13.4. The molecule has 3 aliphatic rings. The van der Waals surface area contributed by atoms with Gasteiger partial charge in [-0.25, -0.2) is 0 Å². The van der Waals surface area contributed by atoms with E-state index < -0.39 is 0 Å². The Hall–Kier alpha value is -1.66. The minimum atomic E-state index is -0.292. The first-order valence-electron chi connectivity index (χ1n) is 8.82. The Kier molecular flexibility index (Phi) is 4.18. The van der Waals surface area contributed by atoms with Crippen molar-refractivity contribution in [1.82, 2.24) is 15.0 Å². The van der Waals surface area contributed by atoms with E-state index in [1.54, 1.807) is 6.26 Å². The van der Waals surface area contributed by atoms with E-state index in [9.17, 15) is 4.79 Å². The molecule has 4 rings (SSSR count). The molecule has 0 N–H and O–H groups in total. The second kappa shape index (κ2) is 6.33. The van der Waals surface area contributed by atoms with E-state index in [2.05, 4.69) is 28.0 Å². The number of fused-ring (bicyclic) bond motifs is 1. The van der Waals surface area contributed by atoms with Crippen molar-refractivity contribution in [2.75, 3.05) is 39.4 Å². The topological polar surface area (TPSA) is 58.8 Å². The molecule has 0 saturated carbocycles. The van der Waals surface area contributed by atoms with Gasteiger partial charge in [0.25, 0.3) is 0 Å². The summed E-state index contributed by atoms with van der Waals surface area (Å²) in [7, 11) is 0. The third kappa shape index (κ3) is 2.78. The first-order chi connectivity index (χ1) is 11.7. The van der Waals surface area contributed by atoms with Crippen molar-refractivity contribution < 1.29 is 14.1 Å². The van der Waals surface area contributed by atoms with Crippen LogP contribution in [-0.4, -0.2) is 60.3 Å². The number of hydrogen-bond acceptors (Lipinski definition) is 5. The predicted molar refractivity (Wildman–Crippen MR) is 88.1 cm³/mol. The maximum absolute atomic E-state index is 13.4. The zero-order chi connectivity index (χ0) is 16.6. The van der Waals surface area contributed by atoms with Crippen LogP contribution < -0.4 is 0 Å². The summed E-state index contributed by atoms with van der Waals surface area (Å²) in [6, 6.07) is 1.89. The average Bonchev–Trinajstić information content (AvgIpc) is 3.22. The summed E-state index contributed by atoms with van der Waals surface area (Å²) in [5.74, 6) is 0.600. The molecule has 2 atom stereocenters. The molecule has 6 heteroatoms. The van der Waals surface area contributed by atoms with E-state index in [1.807, 2.05) is 6.07 Å². The van der Waals surface area contributed by atoms with Crippen molar-refractivity contribution >= 4 is 5.91 Å². The van der Waals surface area contributed by atoms with Crippen LogP contribution >= 0.6 is 0 Å². The molecule has 0 bridgehead atoms. The molecule has 1 aromatic rings. The average molecular weight is 331 g/mol. The van der Waals surface area contributed by atoms with E-state index in [-0.39, 0.29) is 11.3 Å². The monoisotopic (exact) mass is 331 g/mol. The maximum Gasteiger partial charge on any atom is 0.230 e. The quantitative estimate of drug-likeness (QED) is 0.789. The molecule has 2 fully saturated rings. The van der Waals surface area contributed by atoms with Crippen molar-refractivity contribution in [2.45, 2.75) is 26.3 Å². The fourth-order valence-corrected chi connectivity index (χ4v) is 4.47. The summed E-state index contributed by atoms with van der Waals surface area (Å²) in [6.45, 7) is 7.52. The normalized spacial score (nSPS) is 31.0. The molecule has 3 aliphatic heterocycles. The van der Waals surface area contributed by atoms with Crippen molar-refractivity contribution in [3.63, 3.8) is 0 Å². The third-order valence-corrected chi connectivity index (χ3v) is 5.70. The summed E-state index contributed by atoms with van der Waals surface area (Å²) >= 11 is 0. The summed E-state index contributed by atoms with van der Waals surface area (Å²) in [5, 5.41) is 4.01. The van der Waals surface area contributed by atoms with Gasteiger partial charge in [0.05, 0.1) is 17.7 Å². The van der Waals surface area contributed by atoms with Gasteiger partial charge in [0.1, 0.15) is 6.26 Å². The molecule has 6 nitrogen and oxygen atoms in total. The van der Waals surface area contributed by atoms with Crippen LogP contribution in [0.2, 0.25) is 0 Å². The van der Waals surface area contributed by atoms with Gasteiger partial charge in [0, 0.05) is 51.3 Å². The number of likely N-dealkylation sites (tertiary alicyclic amines) is 1. The Morgan fingerprint density at radius 1 is 1.50 bits per heavy atom. The highest BCUT2D eigenvalue weighted by Crippen LogP contribution is 2.44. The molecule has 0 spiro atoms. The molecule has 4 heterocycles. The standard InChI is InChI=1S/C18H25N3O3/c1-14-3-2-6-21(9-14)17(22)18-5-8-23-12-15(18)10-20(13-18)11-16-4-7-24-19-16/h3-4,7,15H,2,5-6,8-13H2,1H3. The molecular formula is C18H25N3O3. The van der Waals surface area contributed by atoms with Crippen LogP contribution in [0.5, 0.6) is 0 Å². The summed E-state index contributed by atoms with van der Waals surface area (Å²) in [4.78, 5) is 17.8. The SMILES string of the molecule is CC1=CCCN(C(=O)C23CCOCC2CN(Cc2ccon2)C3)C1. The zero-order valence-electron chi connectivity index (χ0n) is 14.2. The minimum Gasteiger partial charge on any atom is -0.381 e. The van der Waals surface area contributed by atoms with Crippen LogP contribution in [0.25, 0.3) is 0 Å². The van der Waals surface area contributed by atoms with Crippen LogP contribution in [-0.2, 0) is 16.1 Å². The summed E-state index contributed by atoms with van der Waals surface area (Å²) in [6.07, 6.45) is 5.64. The van der Waals surface area contributed by atoms with Gasteiger partial charge in [-0.1, -0.05) is 16.8 Å². The molecule has 24 heavy (non-hydrogen) atoms. The summed E-state index contributed by atoms with van der Waals surface area (Å²) in [5.41, 5.74) is 1.93. The van der Waals surface area contributed by atoms with Crippen molar-refractivity contribution in [3.8, 4) is 0 Å². The van der Waals surface area contributed by atoms with Crippen LogP contribution in [0.1, 0.15) is 25.5 Å². The van der Waals surface area contributed by atoms with E-state index in [0.29, 0.717) is 19.1 Å². The molecule has 130 valence electrons. The van der Waals surface area contributed by atoms with Crippen LogP contribution in [0.4, 0.5) is 0 Å². The molecule has 1 aromatic heterocycles. The lowest BCUT2D eigenvalue weighted by Gasteiger charge is -2.41. The van der Waals surface area contributed by atoms with Gasteiger partial charge >= 0.3 is 0 Å². The Balaban J connectivity index is 1.53. The molecule has 2 unspecified atom stereocenters. The van der Waals surface area contributed by atoms with E-state index in [0.717, 1.165) is 51.3 Å². The molecule has 0 radical (unpaired) electrons. The van der Waals surface area contributed by atoms with Gasteiger partial charge < -0.3 is 14.2 Å². The number of hydrogen-bond donors (Lipinski definition) is 0. The van der Waals surface area contributed by atoms with Gasteiger partial charge in [0.2, 0.25) is 5.91 Å². The van der Waals surface area contributed by atoms with E-state index >= 15 is 0 Å². The fourth-order valence-electron chi connectivity index (χ4n) is 4.47. The van der Waals surface area contributed by atoms with Gasteiger partial charge in [-0.15, -0.1) is 0 Å². The van der Waals surface area contributed by atoms with Crippen molar-refractivity contribution in [2.24, 2.45) is 11.3 Å². The number of amides is 1. The van der Waals surface area contributed by atoms with Gasteiger partial charge in [-0.3, -0.25) is 9.69 Å². The lowest BCUT2D eigenvalue weighted by atomic mass is 9.73. The van der Waals surface area contributed by atoms with Gasteiger partial charge in [-0.05, 0) is 19.8 Å². The Morgan fingerprint density at radius 2 is 2.42 bits per heavy atom. The Morgan fingerprint density at radius 3 is 3.21 bits per heavy atom. The van der Waals surface area contributed by atoms with Gasteiger partial charge in [-0.2, -0.15) is 0 Å². The fraction of sp³-hybridized carbons (Fsp3) is 0.667. The van der Waals surface area contributed by atoms with E-state index in [1.165, 1.54) is 5.57 Å². The van der Waals surface area contributed by atoms with Crippen LogP contribution in [0, 0.1) is 11.3 Å². The number of aromatic nitrogens is 1. The lowest BCUT2D eigenvalue weighted by Crippen LogP contribution is -2.53. The highest BCUT2D eigenvalue weighted by molar-refractivity contribution is 5.84. The number of nitrogens with zero attached hydrogens (tertiary/aromatic N) is 3. The van der Waals surface area contributed by atoms with Gasteiger partial charge in [0.15, 0.2) is 0 Å². The minimum absolute atomic E-state index is 0.275. The molecule has 0 aliphatic carbocycles. The smallest absolute Gasteiger partial charge is 0.230 e. The van der Waals surface area contributed by atoms with Crippen LogP contribution in [0.15, 0.2) is 28.5 Å². The lowest BCUT2D eigenvalue weighted by molar-refractivity contribution is -0.150. The second-order valence-electron chi connectivity index (χ2n) is 7.40. The predicted octanol–water partition coefficient (Wildman–Crippen LogP) is 1.69. The Bertz CT molecular complexity index is 627. The van der Waals surface area contributed by atoms with E-state index in [4.69, 9.17) is 9.26 Å². The Labute approximate surface area is 142 Å². The van der Waals surface area contributed by atoms with Crippen molar-refractivity contribution in [3.05, 3.63) is 29.7 Å². The first kappa shape index (κ1) is 15.8. The van der Waals surface area contributed by atoms with Crippen molar-refractivity contribution in [1.29, 1.82) is 0 Å². The second-order valence-corrected chi connectivity index (χ2v) is 7.40. The van der Waals surface area contributed by atoms with Crippen LogP contribution in [0.3, 0.4) is 0 Å². The first-order valence-corrected chi connectivity index (χ1v) is 8.82. The number of ether oxygens (including phenoxy) is 1. The highest BCUT2D eigenvalue weighted by atomic mass is 16.5. The number of rotatable bonds is 3.